The van der Waals surface area contributed by atoms with E-state index in [2.05, 4.69) is 67.6 Å². The Morgan fingerprint density at radius 2 is 1.28 bits per heavy atom. The van der Waals surface area contributed by atoms with E-state index < -0.39 is 0 Å². The van der Waals surface area contributed by atoms with Crippen molar-refractivity contribution in [3.63, 3.8) is 0 Å². The second kappa shape index (κ2) is 7.33. The zero-order chi connectivity index (χ0) is 19.6. The van der Waals surface area contributed by atoms with E-state index in [1.807, 2.05) is 42.6 Å². The molecule has 2 aromatic heterocycles. The lowest BCUT2D eigenvalue weighted by molar-refractivity contribution is 1.31. The van der Waals surface area contributed by atoms with Crippen LogP contribution in [0.5, 0.6) is 0 Å². The first-order valence-corrected chi connectivity index (χ1v) is 9.77. The van der Waals surface area contributed by atoms with Gasteiger partial charge in [0.15, 0.2) is 0 Å². The van der Waals surface area contributed by atoms with Crippen LogP contribution < -0.4 is 0 Å². The van der Waals surface area contributed by atoms with Crippen molar-refractivity contribution in [3.8, 4) is 33.6 Å². The van der Waals surface area contributed by atoms with Gasteiger partial charge < -0.3 is 0 Å². The summed E-state index contributed by atoms with van der Waals surface area (Å²) >= 11 is 0. The minimum absolute atomic E-state index is 0.911. The first-order chi connectivity index (χ1) is 14.3. The summed E-state index contributed by atoms with van der Waals surface area (Å²) in [5.41, 5.74) is 8.58. The maximum Gasteiger partial charge on any atom is 0.0978 e. The maximum absolute atomic E-state index is 5.06. The van der Waals surface area contributed by atoms with Gasteiger partial charge in [0.1, 0.15) is 0 Å². The Morgan fingerprint density at radius 1 is 0.621 bits per heavy atom. The van der Waals surface area contributed by atoms with Crippen molar-refractivity contribution < 1.29 is 0 Å². The number of rotatable bonds is 3. The van der Waals surface area contributed by atoms with Crippen LogP contribution in [0, 0.1) is 6.92 Å². The molecule has 0 bridgehead atoms. The second-order valence-corrected chi connectivity index (χ2v) is 7.21. The van der Waals surface area contributed by atoms with Gasteiger partial charge in [0.2, 0.25) is 0 Å². The second-order valence-electron chi connectivity index (χ2n) is 7.21. The summed E-state index contributed by atoms with van der Waals surface area (Å²) < 4.78 is 0. The van der Waals surface area contributed by atoms with E-state index in [1.54, 1.807) is 0 Å². The number of aryl methyl sites for hydroxylation is 1. The minimum atomic E-state index is 0.911. The molecule has 0 saturated heterocycles. The van der Waals surface area contributed by atoms with Crippen molar-refractivity contribution in [3.05, 3.63) is 109 Å². The molecule has 0 radical (unpaired) electrons. The van der Waals surface area contributed by atoms with Crippen LogP contribution in [-0.2, 0) is 0 Å². The Hall–Kier alpha value is -3.78. The molecule has 0 amide bonds. The molecule has 0 spiro atoms. The van der Waals surface area contributed by atoms with E-state index in [0.717, 1.165) is 33.4 Å². The van der Waals surface area contributed by atoms with Gasteiger partial charge in [-0.1, -0.05) is 90.5 Å². The van der Waals surface area contributed by atoms with Crippen LogP contribution in [-0.4, -0.2) is 9.97 Å². The van der Waals surface area contributed by atoms with Crippen molar-refractivity contribution in [2.45, 2.75) is 6.92 Å². The van der Waals surface area contributed by atoms with Gasteiger partial charge in [0.25, 0.3) is 0 Å². The predicted molar refractivity (Wildman–Crippen MR) is 121 cm³/mol. The quantitative estimate of drug-likeness (QED) is 0.343. The summed E-state index contributed by atoms with van der Waals surface area (Å²) in [6.45, 7) is 2.11. The summed E-state index contributed by atoms with van der Waals surface area (Å²) in [4.78, 5) is 9.76. The Morgan fingerprint density at radius 3 is 1.97 bits per heavy atom. The SMILES string of the molecule is Cc1ccc(-c2cc(-c3ccccc3)nc3c(-c4ccccc4)nccc23)cc1. The number of hydrogen-bond donors (Lipinski definition) is 0. The fourth-order valence-electron chi connectivity index (χ4n) is 3.69. The molecule has 0 fully saturated rings. The molecule has 29 heavy (non-hydrogen) atoms. The van der Waals surface area contributed by atoms with E-state index in [4.69, 9.17) is 9.97 Å². The minimum Gasteiger partial charge on any atom is -0.254 e. The van der Waals surface area contributed by atoms with Crippen LogP contribution in [0.3, 0.4) is 0 Å². The van der Waals surface area contributed by atoms with Gasteiger partial charge >= 0.3 is 0 Å². The van der Waals surface area contributed by atoms with E-state index in [1.165, 1.54) is 16.7 Å². The highest BCUT2D eigenvalue weighted by Gasteiger charge is 2.14. The Balaban J connectivity index is 1.84. The number of fused-ring (bicyclic) bond motifs is 1. The standard InChI is InChI=1S/C27H20N2/c1-19-12-14-20(15-13-19)24-18-25(21-8-4-2-5-9-21)29-27-23(24)16-17-28-26(27)22-10-6-3-7-11-22/h2-18H,1H3. The van der Waals surface area contributed by atoms with E-state index in [-0.39, 0.29) is 0 Å². The van der Waals surface area contributed by atoms with Gasteiger partial charge in [-0.15, -0.1) is 0 Å². The molecular formula is C27H20N2. The predicted octanol–water partition coefficient (Wildman–Crippen LogP) is 6.94. The molecule has 5 aromatic rings. The van der Waals surface area contributed by atoms with Crippen LogP contribution >= 0.6 is 0 Å². The van der Waals surface area contributed by atoms with E-state index >= 15 is 0 Å². The van der Waals surface area contributed by atoms with Crippen LogP contribution in [0.2, 0.25) is 0 Å². The Bertz CT molecular complexity index is 1280. The van der Waals surface area contributed by atoms with Crippen molar-refractivity contribution in [1.82, 2.24) is 9.97 Å². The lowest BCUT2D eigenvalue weighted by Gasteiger charge is -2.13. The molecule has 0 aliphatic carbocycles. The average molecular weight is 372 g/mol. The van der Waals surface area contributed by atoms with Crippen molar-refractivity contribution in [2.75, 3.05) is 0 Å². The average Bonchev–Trinajstić information content (AvgIpc) is 2.80. The van der Waals surface area contributed by atoms with Crippen LogP contribution in [0.25, 0.3) is 44.5 Å². The van der Waals surface area contributed by atoms with Crippen molar-refractivity contribution in [1.29, 1.82) is 0 Å². The topological polar surface area (TPSA) is 25.8 Å². The van der Waals surface area contributed by atoms with Crippen LogP contribution in [0.1, 0.15) is 5.56 Å². The summed E-state index contributed by atoms with van der Waals surface area (Å²) in [5, 5.41) is 1.11. The van der Waals surface area contributed by atoms with Gasteiger partial charge in [-0.05, 0) is 30.2 Å². The number of nitrogens with zero attached hydrogens (tertiary/aromatic N) is 2. The van der Waals surface area contributed by atoms with E-state index in [9.17, 15) is 0 Å². The first-order valence-electron chi connectivity index (χ1n) is 9.77. The molecule has 0 atom stereocenters. The van der Waals surface area contributed by atoms with Gasteiger partial charge in [-0.3, -0.25) is 4.98 Å². The molecule has 2 heterocycles. The van der Waals surface area contributed by atoms with Crippen LogP contribution in [0.4, 0.5) is 0 Å². The van der Waals surface area contributed by atoms with Gasteiger partial charge in [0.05, 0.1) is 16.9 Å². The van der Waals surface area contributed by atoms with Gasteiger partial charge in [-0.25, -0.2) is 4.98 Å². The van der Waals surface area contributed by atoms with Gasteiger partial charge in [0, 0.05) is 22.7 Å². The van der Waals surface area contributed by atoms with Crippen molar-refractivity contribution >= 4 is 10.9 Å². The monoisotopic (exact) mass is 372 g/mol. The fraction of sp³-hybridized carbons (Fsp3) is 0.0370. The first kappa shape index (κ1) is 17.3. The normalized spacial score (nSPS) is 10.9. The fourth-order valence-corrected chi connectivity index (χ4v) is 3.69. The number of hydrogen-bond acceptors (Lipinski definition) is 2. The molecule has 3 aromatic carbocycles. The number of benzene rings is 3. The molecule has 2 nitrogen and oxygen atoms in total. The molecule has 0 aliphatic rings. The summed E-state index contributed by atoms with van der Waals surface area (Å²) in [6.07, 6.45) is 1.88. The summed E-state index contributed by atoms with van der Waals surface area (Å²) in [7, 11) is 0. The molecule has 0 saturated carbocycles. The highest BCUT2D eigenvalue weighted by atomic mass is 14.8. The number of aromatic nitrogens is 2. The van der Waals surface area contributed by atoms with Crippen LogP contribution in [0.15, 0.2) is 103 Å². The molecule has 0 unspecified atom stereocenters. The third-order valence-electron chi connectivity index (χ3n) is 5.21. The smallest absolute Gasteiger partial charge is 0.0978 e. The van der Waals surface area contributed by atoms with E-state index in [0.29, 0.717) is 0 Å². The molecule has 138 valence electrons. The summed E-state index contributed by atoms with van der Waals surface area (Å²) in [5.74, 6) is 0. The number of pyridine rings is 2. The third kappa shape index (κ3) is 3.30. The Kier molecular flexibility index (Phi) is 4.38. The highest BCUT2D eigenvalue weighted by molar-refractivity contribution is 6.02. The molecule has 5 rings (SSSR count). The lowest BCUT2D eigenvalue weighted by atomic mass is 9.96. The molecular weight excluding hydrogens is 352 g/mol. The maximum atomic E-state index is 5.06. The zero-order valence-electron chi connectivity index (χ0n) is 16.2. The Labute approximate surface area is 170 Å². The van der Waals surface area contributed by atoms with Crippen molar-refractivity contribution in [2.24, 2.45) is 0 Å². The third-order valence-corrected chi connectivity index (χ3v) is 5.21. The highest BCUT2D eigenvalue weighted by Crippen LogP contribution is 2.35. The molecule has 0 aliphatic heterocycles. The summed E-state index contributed by atoms with van der Waals surface area (Å²) in [6, 6.07) is 33.5. The lowest BCUT2D eigenvalue weighted by Crippen LogP contribution is -1.94. The van der Waals surface area contributed by atoms with Gasteiger partial charge in [-0.2, -0.15) is 0 Å². The largest absolute Gasteiger partial charge is 0.254 e. The molecule has 2 heteroatoms. The zero-order valence-corrected chi connectivity index (χ0v) is 16.2. The molecule has 0 N–H and O–H groups in total.